The molecule has 4 heteroatoms. The maximum Gasteiger partial charge on any atom is 0.182 e. The summed E-state index contributed by atoms with van der Waals surface area (Å²) in [5.41, 5.74) is 0. The van der Waals surface area contributed by atoms with Crippen molar-refractivity contribution in [3.63, 3.8) is 0 Å². The third-order valence-electron chi connectivity index (χ3n) is 4.19. The van der Waals surface area contributed by atoms with Crippen LogP contribution in [0.1, 0.15) is 37.5 Å². The van der Waals surface area contributed by atoms with Crippen LogP contribution in [0.4, 0.5) is 5.13 Å². The standard InChI is InChI=1S/C14H23N3S/c1-2-15-14-16-7-13(18-14)10-17-8-11-4-3-5-12(6-11)9-17/h7,11-12H,2-6,8-10H2,1H3,(H,15,16). The topological polar surface area (TPSA) is 28.2 Å². The summed E-state index contributed by atoms with van der Waals surface area (Å²) in [7, 11) is 0. The summed E-state index contributed by atoms with van der Waals surface area (Å²) in [6.45, 7) is 6.81. The van der Waals surface area contributed by atoms with Crippen molar-refractivity contribution in [2.75, 3.05) is 25.0 Å². The summed E-state index contributed by atoms with van der Waals surface area (Å²) < 4.78 is 0. The first-order chi connectivity index (χ1) is 8.83. The van der Waals surface area contributed by atoms with Crippen molar-refractivity contribution in [2.24, 2.45) is 11.8 Å². The molecule has 0 aromatic carbocycles. The summed E-state index contributed by atoms with van der Waals surface area (Å²) >= 11 is 1.82. The summed E-state index contributed by atoms with van der Waals surface area (Å²) in [5, 5.41) is 4.37. The van der Waals surface area contributed by atoms with Gasteiger partial charge in [0.05, 0.1) is 0 Å². The minimum absolute atomic E-state index is 0.959. The smallest absolute Gasteiger partial charge is 0.182 e. The lowest BCUT2D eigenvalue weighted by Gasteiger charge is -2.41. The number of nitrogens with zero attached hydrogens (tertiary/aromatic N) is 2. The predicted molar refractivity (Wildman–Crippen MR) is 77.0 cm³/mol. The van der Waals surface area contributed by atoms with Crippen molar-refractivity contribution in [2.45, 2.75) is 39.2 Å². The van der Waals surface area contributed by atoms with Crippen LogP contribution in [0.3, 0.4) is 0 Å². The molecular formula is C14H23N3S. The van der Waals surface area contributed by atoms with Gasteiger partial charge in [-0.2, -0.15) is 0 Å². The Balaban J connectivity index is 1.58. The number of aromatic nitrogens is 1. The van der Waals surface area contributed by atoms with Crippen molar-refractivity contribution in [1.82, 2.24) is 9.88 Å². The Morgan fingerprint density at radius 2 is 2.17 bits per heavy atom. The number of nitrogens with one attached hydrogen (secondary N) is 1. The molecule has 2 bridgehead atoms. The van der Waals surface area contributed by atoms with Gasteiger partial charge in [0.25, 0.3) is 0 Å². The third kappa shape index (κ3) is 2.86. The summed E-state index contributed by atoms with van der Waals surface area (Å²) in [6.07, 6.45) is 7.92. The number of rotatable bonds is 4. The minimum Gasteiger partial charge on any atom is -0.362 e. The van der Waals surface area contributed by atoms with Crippen molar-refractivity contribution in [3.8, 4) is 0 Å². The van der Waals surface area contributed by atoms with Gasteiger partial charge in [0.1, 0.15) is 0 Å². The van der Waals surface area contributed by atoms with Crippen LogP contribution in [0.15, 0.2) is 6.20 Å². The number of piperidine rings is 1. The van der Waals surface area contributed by atoms with E-state index in [-0.39, 0.29) is 0 Å². The molecule has 0 amide bonds. The van der Waals surface area contributed by atoms with E-state index in [1.54, 1.807) is 0 Å². The molecule has 1 aromatic rings. The highest BCUT2D eigenvalue weighted by Crippen LogP contribution is 2.35. The second-order valence-corrected chi connectivity index (χ2v) is 6.87. The van der Waals surface area contributed by atoms with Gasteiger partial charge < -0.3 is 5.32 Å². The number of likely N-dealkylation sites (tertiary alicyclic amines) is 1. The first-order valence-electron chi connectivity index (χ1n) is 7.24. The van der Waals surface area contributed by atoms with Crippen LogP contribution in [-0.2, 0) is 6.54 Å². The Hall–Kier alpha value is -0.610. The first-order valence-corrected chi connectivity index (χ1v) is 8.06. The van der Waals surface area contributed by atoms with Crippen LogP contribution < -0.4 is 5.32 Å². The van der Waals surface area contributed by atoms with E-state index < -0.39 is 0 Å². The third-order valence-corrected chi connectivity index (χ3v) is 5.13. The zero-order valence-electron chi connectivity index (χ0n) is 11.2. The molecule has 18 heavy (non-hydrogen) atoms. The van der Waals surface area contributed by atoms with Gasteiger partial charge in [0.2, 0.25) is 0 Å². The number of hydrogen-bond acceptors (Lipinski definition) is 4. The van der Waals surface area contributed by atoms with E-state index in [0.29, 0.717) is 0 Å². The van der Waals surface area contributed by atoms with E-state index in [2.05, 4.69) is 22.1 Å². The first kappa shape index (κ1) is 12.4. The molecule has 1 N–H and O–H groups in total. The molecule has 0 spiro atoms. The Morgan fingerprint density at radius 1 is 1.39 bits per heavy atom. The Morgan fingerprint density at radius 3 is 2.89 bits per heavy atom. The largest absolute Gasteiger partial charge is 0.362 e. The molecule has 3 rings (SSSR count). The summed E-state index contributed by atoms with van der Waals surface area (Å²) in [6, 6.07) is 0. The monoisotopic (exact) mass is 265 g/mol. The van der Waals surface area contributed by atoms with Gasteiger partial charge in [0.15, 0.2) is 5.13 Å². The molecule has 1 saturated heterocycles. The van der Waals surface area contributed by atoms with Crippen molar-refractivity contribution >= 4 is 16.5 Å². The van der Waals surface area contributed by atoms with Crippen LogP contribution in [0.5, 0.6) is 0 Å². The minimum atomic E-state index is 0.959. The van der Waals surface area contributed by atoms with Crippen LogP contribution in [0, 0.1) is 11.8 Å². The SMILES string of the molecule is CCNc1ncc(CN2CC3CCCC(C3)C2)s1. The molecule has 3 nitrogen and oxygen atoms in total. The number of hydrogen-bond donors (Lipinski definition) is 1. The zero-order valence-corrected chi connectivity index (χ0v) is 12.0. The summed E-state index contributed by atoms with van der Waals surface area (Å²) in [4.78, 5) is 8.49. The fourth-order valence-corrected chi connectivity index (χ4v) is 4.42. The zero-order chi connectivity index (χ0) is 12.4. The molecule has 1 aromatic heterocycles. The van der Waals surface area contributed by atoms with Gasteiger partial charge in [0, 0.05) is 37.3 Å². The van der Waals surface area contributed by atoms with Crippen LogP contribution in [0.2, 0.25) is 0 Å². The van der Waals surface area contributed by atoms with Crippen LogP contribution in [-0.4, -0.2) is 29.5 Å². The Kier molecular flexibility index (Phi) is 3.85. The average Bonchev–Trinajstić information content (AvgIpc) is 2.77. The average molecular weight is 265 g/mol. The molecule has 2 aliphatic rings. The number of anilines is 1. The lowest BCUT2D eigenvalue weighted by molar-refractivity contribution is 0.0815. The molecule has 1 aliphatic carbocycles. The fraction of sp³-hybridized carbons (Fsp3) is 0.786. The summed E-state index contributed by atoms with van der Waals surface area (Å²) in [5.74, 6) is 1.94. The predicted octanol–water partition coefficient (Wildman–Crippen LogP) is 3.20. The Bertz CT molecular complexity index is 378. The fourth-order valence-electron chi connectivity index (χ4n) is 3.50. The van der Waals surface area contributed by atoms with E-state index in [1.807, 2.05) is 17.5 Å². The van der Waals surface area contributed by atoms with E-state index >= 15 is 0 Å². The number of thiazole rings is 1. The van der Waals surface area contributed by atoms with E-state index in [4.69, 9.17) is 0 Å². The lowest BCUT2D eigenvalue weighted by atomic mass is 9.78. The van der Waals surface area contributed by atoms with Crippen molar-refractivity contribution < 1.29 is 0 Å². The van der Waals surface area contributed by atoms with Crippen LogP contribution in [0.25, 0.3) is 0 Å². The molecule has 100 valence electrons. The van der Waals surface area contributed by atoms with E-state index in [0.717, 1.165) is 30.1 Å². The van der Waals surface area contributed by atoms with Gasteiger partial charge in [-0.1, -0.05) is 6.42 Å². The highest BCUT2D eigenvalue weighted by Gasteiger charge is 2.30. The number of fused-ring (bicyclic) bond motifs is 2. The second kappa shape index (κ2) is 5.57. The highest BCUT2D eigenvalue weighted by atomic mass is 32.1. The molecule has 2 heterocycles. The van der Waals surface area contributed by atoms with Gasteiger partial charge in [-0.25, -0.2) is 4.98 Å². The van der Waals surface area contributed by atoms with Crippen LogP contribution >= 0.6 is 11.3 Å². The molecule has 2 fully saturated rings. The van der Waals surface area contributed by atoms with Crippen molar-refractivity contribution in [1.29, 1.82) is 0 Å². The van der Waals surface area contributed by atoms with Gasteiger partial charge in [-0.3, -0.25) is 4.90 Å². The molecule has 0 radical (unpaired) electrons. The maximum atomic E-state index is 4.42. The van der Waals surface area contributed by atoms with Gasteiger partial charge >= 0.3 is 0 Å². The molecule has 1 saturated carbocycles. The molecule has 1 aliphatic heterocycles. The highest BCUT2D eigenvalue weighted by molar-refractivity contribution is 7.15. The van der Waals surface area contributed by atoms with Crippen molar-refractivity contribution in [3.05, 3.63) is 11.1 Å². The lowest BCUT2D eigenvalue weighted by Crippen LogP contribution is -2.41. The molecular weight excluding hydrogens is 242 g/mol. The quantitative estimate of drug-likeness (QED) is 0.906. The maximum absolute atomic E-state index is 4.42. The van der Waals surface area contributed by atoms with Gasteiger partial charge in [-0.15, -0.1) is 11.3 Å². The van der Waals surface area contributed by atoms with E-state index in [9.17, 15) is 0 Å². The normalized spacial score (nSPS) is 28.3. The molecule has 2 unspecified atom stereocenters. The van der Waals surface area contributed by atoms with Gasteiger partial charge in [-0.05, 0) is 38.0 Å². The molecule has 2 atom stereocenters. The van der Waals surface area contributed by atoms with E-state index in [1.165, 1.54) is 43.6 Å². The Labute approximate surface area is 114 Å². The second-order valence-electron chi connectivity index (χ2n) is 5.75.